The van der Waals surface area contributed by atoms with Gasteiger partial charge in [0.25, 0.3) is 5.91 Å². The fourth-order valence-electron chi connectivity index (χ4n) is 3.02. The fourth-order valence-corrected chi connectivity index (χ4v) is 3.15. The van der Waals surface area contributed by atoms with Crippen LogP contribution in [0.2, 0.25) is 5.02 Å². The number of methoxy groups -OCH3 is 1. The van der Waals surface area contributed by atoms with Crippen molar-refractivity contribution in [1.82, 2.24) is 4.90 Å². The van der Waals surface area contributed by atoms with Crippen molar-refractivity contribution in [1.29, 1.82) is 0 Å². The molecule has 3 rings (SSSR count). The van der Waals surface area contributed by atoms with Crippen molar-refractivity contribution in [3.8, 4) is 11.5 Å². The Labute approximate surface area is 157 Å². The highest BCUT2D eigenvalue weighted by atomic mass is 35.5. The molecule has 0 bridgehead atoms. The van der Waals surface area contributed by atoms with E-state index in [0.717, 1.165) is 6.42 Å². The summed E-state index contributed by atoms with van der Waals surface area (Å²) < 4.78 is 10.7. The van der Waals surface area contributed by atoms with E-state index >= 15 is 0 Å². The second-order valence-corrected chi connectivity index (χ2v) is 6.61. The average Bonchev–Trinajstić information content (AvgIpc) is 2.68. The van der Waals surface area contributed by atoms with Crippen LogP contribution in [-0.4, -0.2) is 37.0 Å². The largest absolute Gasteiger partial charge is 0.493 e. The Balaban J connectivity index is 1.66. The number of amides is 1. The molecule has 1 atom stereocenters. The number of piperidine rings is 1. The highest BCUT2D eigenvalue weighted by Crippen LogP contribution is 2.28. The van der Waals surface area contributed by atoms with E-state index in [1.54, 1.807) is 47.4 Å². The van der Waals surface area contributed by atoms with Gasteiger partial charge < -0.3 is 14.4 Å². The number of carbonyl (C=O) groups excluding carboxylic acids is 2. The minimum absolute atomic E-state index is 0.101. The maximum atomic E-state index is 12.6. The number of hydrogen-bond acceptors (Lipinski definition) is 4. The van der Waals surface area contributed by atoms with E-state index < -0.39 is 0 Å². The first-order chi connectivity index (χ1) is 12.6. The first-order valence-electron chi connectivity index (χ1n) is 8.48. The van der Waals surface area contributed by atoms with E-state index in [9.17, 15) is 9.59 Å². The number of rotatable bonds is 4. The second kappa shape index (κ2) is 8.23. The van der Waals surface area contributed by atoms with Gasteiger partial charge in [0.2, 0.25) is 0 Å². The number of benzene rings is 2. The molecule has 136 valence electrons. The monoisotopic (exact) mass is 373 g/mol. The summed E-state index contributed by atoms with van der Waals surface area (Å²) in [7, 11) is 1.53. The smallest absolute Gasteiger partial charge is 0.316 e. The van der Waals surface area contributed by atoms with Crippen molar-refractivity contribution in [3.05, 3.63) is 59.1 Å². The molecule has 1 aliphatic heterocycles. The Morgan fingerprint density at radius 3 is 2.46 bits per heavy atom. The van der Waals surface area contributed by atoms with E-state index in [1.807, 2.05) is 6.07 Å². The van der Waals surface area contributed by atoms with Gasteiger partial charge in [0, 0.05) is 23.7 Å². The third-order valence-electron chi connectivity index (χ3n) is 4.41. The third-order valence-corrected chi connectivity index (χ3v) is 4.66. The maximum Gasteiger partial charge on any atom is 0.316 e. The maximum absolute atomic E-state index is 12.6. The summed E-state index contributed by atoms with van der Waals surface area (Å²) in [6.07, 6.45) is 1.45. The minimum atomic E-state index is -0.357. The Morgan fingerprint density at radius 1 is 1.08 bits per heavy atom. The van der Waals surface area contributed by atoms with E-state index in [1.165, 1.54) is 7.11 Å². The van der Waals surface area contributed by atoms with Crippen LogP contribution in [0.25, 0.3) is 0 Å². The van der Waals surface area contributed by atoms with Gasteiger partial charge in [0.15, 0.2) is 11.5 Å². The van der Waals surface area contributed by atoms with E-state index in [0.29, 0.717) is 41.6 Å². The number of likely N-dealkylation sites (tertiary alicyclic amines) is 1. The zero-order valence-corrected chi connectivity index (χ0v) is 15.2. The van der Waals surface area contributed by atoms with Crippen LogP contribution in [0.3, 0.4) is 0 Å². The van der Waals surface area contributed by atoms with Crippen molar-refractivity contribution in [3.63, 3.8) is 0 Å². The molecule has 0 N–H and O–H groups in total. The number of carbonyl (C=O) groups is 2. The van der Waals surface area contributed by atoms with Crippen LogP contribution in [0.1, 0.15) is 23.2 Å². The van der Waals surface area contributed by atoms with Gasteiger partial charge in [-0.05, 0) is 49.2 Å². The van der Waals surface area contributed by atoms with Crippen LogP contribution >= 0.6 is 11.6 Å². The van der Waals surface area contributed by atoms with Crippen molar-refractivity contribution >= 4 is 23.5 Å². The lowest BCUT2D eigenvalue weighted by Gasteiger charge is -2.31. The molecular weight excluding hydrogens is 354 g/mol. The summed E-state index contributed by atoms with van der Waals surface area (Å²) in [4.78, 5) is 26.9. The summed E-state index contributed by atoms with van der Waals surface area (Å²) in [5, 5.41) is 0.582. The first kappa shape index (κ1) is 18.3. The molecular formula is C20H20ClNO4. The molecule has 2 aromatic rings. The van der Waals surface area contributed by atoms with Crippen molar-refractivity contribution in [2.45, 2.75) is 12.8 Å². The first-order valence-corrected chi connectivity index (χ1v) is 8.86. The molecule has 6 heteroatoms. The number of para-hydroxylation sites is 2. The quantitative estimate of drug-likeness (QED) is 0.604. The minimum Gasteiger partial charge on any atom is -0.493 e. The highest BCUT2D eigenvalue weighted by molar-refractivity contribution is 6.30. The third kappa shape index (κ3) is 4.17. The SMILES string of the molecule is COc1ccccc1OC(=O)C1CCCN(C(=O)c2ccc(Cl)cc2)C1. The van der Waals surface area contributed by atoms with Gasteiger partial charge in [-0.3, -0.25) is 9.59 Å². The van der Waals surface area contributed by atoms with E-state index in [4.69, 9.17) is 21.1 Å². The van der Waals surface area contributed by atoms with Crippen LogP contribution in [0, 0.1) is 5.92 Å². The molecule has 1 aliphatic rings. The molecule has 5 nitrogen and oxygen atoms in total. The number of nitrogens with zero attached hydrogens (tertiary/aromatic N) is 1. The van der Waals surface area contributed by atoms with Crippen LogP contribution in [0.15, 0.2) is 48.5 Å². The van der Waals surface area contributed by atoms with Gasteiger partial charge in [0.1, 0.15) is 0 Å². The lowest BCUT2D eigenvalue weighted by molar-refractivity contribution is -0.140. The zero-order chi connectivity index (χ0) is 18.5. The van der Waals surface area contributed by atoms with Crippen LogP contribution < -0.4 is 9.47 Å². The van der Waals surface area contributed by atoms with Crippen LogP contribution in [-0.2, 0) is 4.79 Å². The Morgan fingerprint density at radius 2 is 1.77 bits per heavy atom. The average molecular weight is 374 g/mol. The lowest BCUT2D eigenvalue weighted by atomic mass is 9.97. The van der Waals surface area contributed by atoms with Gasteiger partial charge in [-0.1, -0.05) is 23.7 Å². The fraction of sp³-hybridized carbons (Fsp3) is 0.300. The molecule has 0 radical (unpaired) electrons. The topological polar surface area (TPSA) is 55.8 Å². The van der Waals surface area contributed by atoms with Gasteiger partial charge >= 0.3 is 5.97 Å². The molecule has 0 spiro atoms. The van der Waals surface area contributed by atoms with Crippen molar-refractivity contribution in [2.75, 3.05) is 20.2 Å². The Hall–Kier alpha value is -2.53. The van der Waals surface area contributed by atoms with Crippen LogP contribution in [0.4, 0.5) is 0 Å². The van der Waals surface area contributed by atoms with Crippen LogP contribution in [0.5, 0.6) is 11.5 Å². The van der Waals surface area contributed by atoms with E-state index in [2.05, 4.69) is 0 Å². The standard InChI is InChI=1S/C20H20ClNO4/c1-25-17-6-2-3-7-18(17)26-20(24)15-5-4-12-22(13-15)19(23)14-8-10-16(21)11-9-14/h2-3,6-11,15H,4-5,12-13H2,1H3. The Kier molecular flexibility index (Phi) is 5.78. The number of halogens is 1. The summed E-state index contributed by atoms with van der Waals surface area (Å²) in [6.45, 7) is 0.968. The molecule has 1 heterocycles. The molecule has 1 amide bonds. The van der Waals surface area contributed by atoms with Gasteiger partial charge in [0.05, 0.1) is 13.0 Å². The van der Waals surface area contributed by atoms with Crippen molar-refractivity contribution < 1.29 is 19.1 Å². The Bertz CT molecular complexity index is 791. The predicted octanol–water partition coefficient (Wildman–Crippen LogP) is 3.81. The second-order valence-electron chi connectivity index (χ2n) is 6.17. The molecule has 1 saturated heterocycles. The van der Waals surface area contributed by atoms with E-state index in [-0.39, 0.29) is 17.8 Å². The molecule has 1 fully saturated rings. The summed E-state index contributed by atoms with van der Waals surface area (Å²) in [5.74, 6) is 0.0939. The highest BCUT2D eigenvalue weighted by Gasteiger charge is 2.30. The molecule has 0 saturated carbocycles. The molecule has 0 aromatic heterocycles. The number of esters is 1. The number of hydrogen-bond donors (Lipinski definition) is 0. The summed E-state index contributed by atoms with van der Waals surface area (Å²) >= 11 is 5.87. The molecule has 26 heavy (non-hydrogen) atoms. The number of ether oxygens (including phenoxy) is 2. The zero-order valence-electron chi connectivity index (χ0n) is 14.5. The van der Waals surface area contributed by atoms with Crippen molar-refractivity contribution in [2.24, 2.45) is 5.92 Å². The summed E-state index contributed by atoms with van der Waals surface area (Å²) in [5.41, 5.74) is 0.563. The summed E-state index contributed by atoms with van der Waals surface area (Å²) in [6, 6.07) is 13.8. The molecule has 1 unspecified atom stereocenters. The lowest BCUT2D eigenvalue weighted by Crippen LogP contribution is -2.43. The normalized spacial score (nSPS) is 16.8. The van der Waals surface area contributed by atoms with Gasteiger partial charge in [-0.25, -0.2) is 0 Å². The van der Waals surface area contributed by atoms with Gasteiger partial charge in [-0.15, -0.1) is 0 Å². The molecule has 2 aromatic carbocycles. The predicted molar refractivity (Wildman–Crippen MR) is 98.7 cm³/mol. The van der Waals surface area contributed by atoms with Gasteiger partial charge in [-0.2, -0.15) is 0 Å². The molecule has 0 aliphatic carbocycles.